The lowest BCUT2D eigenvalue weighted by Gasteiger charge is -2.25. The average Bonchev–Trinajstić information content (AvgIpc) is 2.50. The lowest BCUT2D eigenvalue weighted by Crippen LogP contribution is -2.38. The zero-order valence-corrected chi connectivity index (χ0v) is 14.7. The quantitative estimate of drug-likeness (QED) is 0.815. The van der Waals surface area contributed by atoms with Crippen molar-refractivity contribution in [2.45, 2.75) is 31.5 Å². The van der Waals surface area contributed by atoms with Gasteiger partial charge in [-0.1, -0.05) is 30.3 Å². The third-order valence-corrected chi connectivity index (χ3v) is 5.64. The first-order valence-electron chi connectivity index (χ1n) is 7.48. The van der Waals surface area contributed by atoms with Crippen molar-refractivity contribution < 1.29 is 21.6 Å². The molecule has 0 radical (unpaired) electrons. The predicted molar refractivity (Wildman–Crippen MR) is 90.4 cm³/mol. The normalized spacial score (nSPS) is 12.6. The molecule has 0 fully saturated rings. The Morgan fingerprint density at radius 1 is 1.08 bits per heavy atom. The molecule has 0 saturated carbocycles. The van der Waals surface area contributed by atoms with Gasteiger partial charge >= 0.3 is 6.18 Å². The largest absolute Gasteiger partial charge is 0.402 e. The van der Waals surface area contributed by atoms with Gasteiger partial charge in [0.25, 0.3) is 0 Å². The Balaban J connectivity index is 2.52. The maximum atomic E-state index is 13.0. The Morgan fingerprint density at radius 2 is 1.68 bits per heavy atom. The number of nitrogen functional groups attached to an aromatic ring is 1. The molecule has 0 aliphatic carbocycles. The fourth-order valence-corrected chi connectivity index (χ4v) is 4.23. The van der Waals surface area contributed by atoms with Crippen LogP contribution in [0.15, 0.2) is 47.4 Å². The molecule has 2 N–H and O–H groups in total. The average molecular weight is 372 g/mol. The van der Waals surface area contributed by atoms with Crippen molar-refractivity contribution in [2.75, 3.05) is 12.3 Å². The van der Waals surface area contributed by atoms with Gasteiger partial charge in [0, 0.05) is 12.2 Å². The van der Waals surface area contributed by atoms with Crippen molar-refractivity contribution in [1.29, 1.82) is 0 Å². The standard InChI is InChI=1S/C17H19F3N2O2S/c1-12-8-15(21)13(2)16(9-12)25(23,24)22(11-17(18,19)20)10-14-6-4-3-5-7-14/h3-9H,10-11,21H2,1-2H3. The topological polar surface area (TPSA) is 63.4 Å². The van der Waals surface area contributed by atoms with E-state index in [1.54, 1.807) is 43.3 Å². The van der Waals surface area contributed by atoms with Crippen molar-refractivity contribution in [3.63, 3.8) is 0 Å². The van der Waals surface area contributed by atoms with Crippen molar-refractivity contribution in [1.82, 2.24) is 4.31 Å². The van der Waals surface area contributed by atoms with Crippen molar-refractivity contribution in [3.8, 4) is 0 Å². The second-order valence-corrected chi connectivity index (χ2v) is 7.76. The molecular formula is C17H19F3N2O2S. The second-order valence-electron chi connectivity index (χ2n) is 5.85. The van der Waals surface area contributed by atoms with E-state index in [0.717, 1.165) is 0 Å². The van der Waals surface area contributed by atoms with E-state index in [-0.39, 0.29) is 22.7 Å². The van der Waals surface area contributed by atoms with Crippen LogP contribution < -0.4 is 5.73 Å². The van der Waals surface area contributed by atoms with Crippen molar-refractivity contribution >= 4 is 15.7 Å². The number of halogens is 3. The highest BCUT2D eigenvalue weighted by atomic mass is 32.2. The molecule has 0 unspecified atom stereocenters. The van der Waals surface area contributed by atoms with Crippen LogP contribution in [-0.4, -0.2) is 25.4 Å². The van der Waals surface area contributed by atoms with E-state index in [0.29, 0.717) is 15.4 Å². The first-order valence-corrected chi connectivity index (χ1v) is 8.92. The van der Waals surface area contributed by atoms with E-state index in [2.05, 4.69) is 0 Å². The summed E-state index contributed by atoms with van der Waals surface area (Å²) in [6, 6.07) is 11.1. The SMILES string of the molecule is Cc1cc(N)c(C)c(S(=O)(=O)N(Cc2ccccc2)CC(F)(F)F)c1. The predicted octanol–water partition coefficient (Wildman–Crippen LogP) is 3.64. The molecule has 0 bridgehead atoms. The number of sulfonamides is 1. The molecule has 8 heteroatoms. The van der Waals surface area contributed by atoms with E-state index in [1.807, 2.05) is 0 Å². The highest BCUT2D eigenvalue weighted by Gasteiger charge is 2.37. The molecule has 0 atom stereocenters. The molecule has 25 heavy (non-hydrogen) atoms. The van der Waals surface area contributed by atoms with Gasteiger partial charge in [-0.2, -0.15) is 17.5 Å². The highest BCUT2D eigenvalue weighted by molar-refractivity contribution is 7.89. The molecule has 0 amide bonds. The molecule has 0 aromatic heterocycles. The first-order chi connectivity index (χ1) is 11.5. The minimum Gasteiger partial charge on any atom is -0.398 e. The van der Waals surface area contributed by atoms with E-state index in [4.69, 9.17) is 5.73 Å². The number of nitrogens with two attached hydrogens (primary N) is 1. The fourth-order valence-electron chi connectivity index (χ4n) is 2.47. The number of nitrogens with zero attached hydrogens (tertiary/aromatic N) is 1. The molecule has 0 aliphatic heterocycles. The summed E-state index contributed by atoms with van der Waals surface area (Å²) in [7, 11) is -4.37. The number of alkyl halides is 3. The van der Waals surface area contributed by atoms with Crippen LogP contribution in [0, 0.1) is 13.8 Å². The highest BCUT2D eigenvalue weighted by Crippen LogP contribution is 2.29. The number of aryl methyl sites for hydroxylation is 1. The Hall–Kier alpha value is -2.06. The van der Waals surface area contributed by atoms with Gasteiger partial charge in [-0.05, 0) is 42.7 Å². The second kappa shape index (κ2) is 7.05. The molecule has 0 heterocycles. The number of hydrogen-bond donors (Lipinski definition) is 1. The Kier molecular flexibility index (Phi) is 5.43. The Morgan fingerprint density at radius 3 is 2.24 bits per heavy atom. The van der Waals surface area contributed by atoms with Crippen LogP contribution in [0.3, 0.4) is 0 Å². The first kappa shape index (κ1) is 19.3. The summed E-state index contributed by atoms with van der Waals surface area (Å²) in [5.74, 6) is 0. The molecule has 0 saturated heterocycles. The smallest absolute Gasteiger partial charge is 0.398 e. The van der Waals surface area contributed by atoms with Crippen LogP contribution in [0.1, 0.15) is 16.7 Å². The van der Waals surface area contributed by atoms with Crippen molar-refractivity contribution in [2.24, 2.45) is 0 Å². The lowest BCUT2D eigenvalue weighted by molar-refractivity contribution is -0.136. The van der Waals surface area contributed by atoms with E-state index < -0.39 is 22.7 Å². The third-order valence-electron chi connectivity index (χ3n) is 3.72. The maximum Gasteiger partial charge on any atom is 0.402 e. The summed E-state index contributed by atoms with van der Waals surface area (Å²) >= 11 is 0. The van der Waals surface area contributed by atoms with Gasteiger partial charge < -0.3 is 5.73 Å². The summed E-state index contributed by atoms with van der Waals surface area (Å²) < 4.78 is 65.2. The summed E-state index contributed by atoms with van der Waals surface area (Å²) in [4.78, 5) is -0.204. The van der Waals surface area contributed by atoms with Crippen LogP contribution in [0.25, 0.3) is 0 Å². The van der Waals surface area contributed by atoms with Crippen LogP contribution >= 0.6 is 0 Å². The molecule has 0 aliphatic rings. The van der Waals surface area contributed by atoms with E-state index in [9.17, 15) is 21.6 Å². The number of rotatable bonds is 5. The van der Waals surface area contributed by atoms with Gasteiger partial charge in [0.1, 0.15) is 6.54 Å². The van der Waals surface area contributed by atoms with Crippen LogP contribution in [0.4, 0.5) is 18.9 Å². The number of anilines is 1. The number of benzene rings is 2. The minimum absolute atomic E-state index is 0.204. The molecule has 2 rings (SSSR count). The molecule has 2 aromatic rings. The van der Waals surface area contributed by atoms with Gasteiger partial charge in [0.2, 0.25) is 10.0 Å². The van der Waals surface area contributed by atoms with Crippen LogP contribution in [0.5, 0.6) is 0 Å². The molecular weight excluding hydrogens is 353 g/mol. The maximum absolute atomic E-state index is 13.0. The van der Waals surface area contributed by atoms with Gasteiger partial charge in [0.15, 0.2) is 0 Å². The molecule has 136 valence electrons. The summed E-state index contributed by atoms with van der Waals surface area (Å²) in [5.41, 5.74) is 7.29. The molecule has 4 nitrogen and oxygen atoms in total. The third kappa shape index (κ3) is 4.73. The fraction of sp³-hybridized carbons (Fsp3) is 0.294. The van der Waals surface area contributed by atoms with Crippen molar-refractivity contribution in [3.05, 3.63) is 59.2 Å². The van der Waals surface area contributed by atoms with Gasteiger partial charge in [-0.15, -0.1) is 0 Å². The number of hydrogen-bond acceptors (Lipinski definition) is 3. The van der Waals surface area contributed by atoms with Gasteiger partial charge in [0.05, 0.1) is 4.90 Å². The summed E-state index contributed by atoms with van der Waals surface area (Å²) in [6.07, 6.45) is -4.66. The molecule has 0 spiro atoms. The van der Waals surface area contributed by atoms with Gasteiger partial charge in [-0.3, -0.25) is 0 Å². The summed E-state index contributed by atoms with van der Waals surface area (Å²) in [5, 5.41) is 0. The van der Waals surface area contributed by atoms with E-state index >= 15 is 0 Å². The van der Waals surface area contributed by atoms with Gasteiger partial charge in [-0.25, -0.2) is 8.42 Å². The monoisotopic (exact) mass is 372 g/mol. The molecule has 2 aromatic carbocycles. The van der Waals surface area contributed by atoms with Crippen LogP contribution in [0.2, 0.25) is 0 Å². The van der Waals surface area contributed by atoms with Crippen LogP contribution in [-0.2, 0) is 16.6 Å². The Bertz CT molecular complexity index is 850. The zero-order valence-electron chi connectivity index (χ0n) is 13.8. The zero-order chi connectivity index (χ0) is 18.8. The minimum atomic E-state index is -4.66. The Labute approximate surface area is 145 Å². The summed E-state index contributed by atoms with van der Waals surface area (Å²) in [6.45, 7) is 1.17. The van der Waals surface area contributed by atoms with E-state index in [1.165, 1.54) is 13.0 Å². The lowest BCUT2D eigenvalue weighted by atomic mass is 10.1.